The van der Waals surface area contributed by atoms with Gasteiger partial charge in [0.2, 0.25) is 0 Å². The van der Waals surface area contributed by atoms with E-state index in [-0.39, 0.29) is 17.8 Å². The van der Waals surface area contributed by atoms with Crippen LogP contribution in [0, 0.1) is 10.1 Å². The lowest BCUT2D eigenvalue weighted by Gasteiger charge is -2.03. The highest BCUT2D eigenvalue weighted by molar-refractivity contribution is 7.09. The third kappa shape index (κ3) is 2.69. The number of benzene rings is 1. The molecule has 18 heavy (non-hydrogen) atoms. The lowest BCUT2D eigenvalue weighted by molar-refractivity contribution is -0.385. The maximum Gasteiger partial charge on any atom is 0.282 e. The molecule has 2 rings (SSSR count). The van der Waals surface area contributed by atoms with E-state index in [1.54, 1.807) is 17.6 Å². The molecule has 1 amide bonds. The maximum absolute atomic E-state index is 11.8. The highest BCUT2D eigenvalue weighted by atomic mass is 32.1. The molecule has 1 aromatic carbocycles. The van der Waals surface area contributed by atoms with Crippen LogP contribution in [0.4, 0.5) is 5.69 Å². The third-order valence-electron chi connectivity index (χ3n) is 2.23. The van der Waals surface area contributed by atoms with E-state index in [4.69, 9.17) is 0 Å². The van der Waals surface area contributed by atoms with Crippen molar-refractivity contribution in [3.63, 3.8) is 0 Å². The maximum atomic E-state index is 11.8. The molecule has 0 aliphatic carbocycles. The van der Waals surface area contributed by atoms with Gasteiger partial charge in [0.25, 0.3) is 11.6 Å². The number of thiazole rings is 1. The van der Waals surface area contributed by atoms with E-state index in [1.807, 2.05) is 0 Å². The molecule has 0 atom stereocenters. The smallest absolute Gasteiger partial charge is 0.282 e. The van der Waals surface area contributed by atoms with Gasteiger partial charge in [-0.3, -0.25) is 14.9 Å². The molecule has 7 heteroatoms. The Morgan fingerprint density at radius 1 is 1.44 bits per heavy atom. The summed E-state index contributed by atoms with van der Waals surface area (Å²) in [4.78, 5) is 26.0. The molecular weight excluding hydrogens is 254 g/mol. The molecule has 0 unspecified atom stereocenters. The van der Waals surface area contributed by atoms with Crippen molar-refractivity contribution in [1.29, 1.82) is 0 Å². The van der Waals surface area contributed by atoms with Crippen molar-refractivity contribution in [2.24, 2.45) is 0 Å². The Hall–Kier alpha value is -2.28. The van der Waals surface area contributed by atoms with E-state index in [1.165, 1.54) is 29.5 Å². The van der Waals surface area contributed by atoms with E-state index in [9.17, 15) is 14.9 Å². The first-order valence-electron chi connectivity index (χ1n) is 5.08. The summed E-state index contributed by atoms with van der Waals surface area (Å²) in [7, 11) is 0. The molecule has 1 N–H and O–H groups in total. The Labute approximate surface area is 106 Å². The van der Waals surface area contributed by atoms with Gasteiger partial charge in [0.05, 0.1) is 11.5 Å². The molecule has 92 valence electrons. The predicted octanol–water partition coefficient (Wildman–Crippen LogP) is 1.98. The summed E-state index contributed by atoms with van der Waals surface area (Å²) in [5.74, 6) is -0.475. The van der Waals surface area contributed by atoms with Crippen LogP contribution in [0.3, 0.4) is 0 Å². The van der Waals surface area contributed by atoms with Crippen LogP contribution in [-0.2, 0) is 6.54 Å². The zero-order chi connectivity index (χ0) is 13.0. The normalized spacial score (nSPS) is 10.0. The average Bonchev–Trinajstić information content (AvgIpc) is 2.89. The Morgan fingerprint density at radius 3 is 2.89 bits per heavy atom. The fourth-order valence-corrected chi connectivity index (χ4v) is 1.97. The van der Waals surface area contributed by atoms with Gasteiger partial charge in [-0.05, 0) is 6.07 Å². The summed E-state index contributed by atoms with van der Waals surface area (Å²) in [6.45, 7) is 0.266. The molecule has 0 saturated carbocycles. The molecule has 1 heterocycles. The Kier molecular flexibility index (Phi) is 3.63. The van der Waals surface area contributed by atoms with Crippen LogP contribution < -0.4 is 5.32 Å². The van der Waals surface area contributed by atoms with Crippen LogP contribution in [0.5, 0.6) is 0 Å². The molecule has 1 aromatic heterocycles. The number of carbonyl (C=O) groups is 1. The van der Waals surface area contributed by atoms with Gasteiger partial charge in [-0.2, -0.15) is 0 Å². The van der Waals surface area contributed by atoms with Gasteiger partial charge in [-0.15, -0.1) is 11.3 Å². The Morgan fingerprint density at radius 2 is 2.22 bits per heavy atom. The average molecular weight is 263 g/mol. The van der Waals surface area contributed by atoms with Gasteiger partial charge < -0.3 is 5.32 Å². The zero-order valence-corrected chi connectivity index (χ0v) is 10.0. The minimum absolute atomic E-state index is 0.0547. The van der Waals surface area contributed by atoms with Crippen molar-refractivity contribution >= 4 is 22.9 Å². The van der Waals surface area contributed by atoms with E-state index in [0.717, 1.165) is 5.01 Å². The van der Waals surface area contributed by atoms with Crippen LogP contribution in [0.1, 0.15) is 15.4 Å². The monoisotopic (exact) mass is 263 g/mol. The van der Waals surface area contributed by atoms with E-state index in [0.29, 0.717) is 0 Å². The summed E-state index contributed by atoms with van der Waals surface area (Å²) in [6, 6.07) is 5.84. The van der Waals surface area contributed by atoms with E-state index in [2.05, 4.69) is 10.3 Å². The number of hydrogen-bond donors (Lipinski definition) is 1. The van der Waals surface area contributed by atoms with Crippen LogP contribution in [0.25, 0.3) is 0 Å². The standard InChI is InChI=1S/C11H9N3O3S/c15-11(13-7-10-12-5-6-18-10)8-3-1-2-4-9(8)14(16)17/h1-6H,7H2,(H,13,15). The molecular formula is C11H9N3O3S. The van der Waals surface area contributed by atoms with Crippen molar-refractivity contribution in [1.82, 2.24) is 10.3 Å². The lowest BCUT2D eigenvalue weighted by Crippen LogP contribution is -2.23. The number of nitro groups is 1. The number of nitrogens with one attached hydrogen (secondary N) is 1. The largest absolute Gasteiger partial charge is 0.345 e. The molecule has 0 fully saturated rings. The number of para-hydroxylation sites is 1. The first kappa shape index (κ1) is 12.2. The van der Waals surface area contributed by atoms with Gasteiger partial charge in [0.1, 0.15) is 10.6 Å². The van der Waals surface area contributed by atoms with Gasteiger partial charge in [-0.25, -0.2) is 4.98 Å². The second-order valence-electron chi connectivity index (χ2n) is 3.38. The van der Waals surface area contributed by atoms with Gasteiger partial charge in [-0.1, -0.05) is 12.1 Å². The number of aromatic nitrogens is 1. The Bertz CT molecular complexity index is 569. The van der Waals surface area contributed by atoms with Crippen molar-refractivity contribution < 1.29 is 9.72 Å². The van der Waals surface area contributed by atoms with Gasteiger partial charge >= 0.3 is 0 Å². The predicted molar refractivity (Wildman–Crippen MR) is 66.4 cm³/mol. The van der Waals surface area contributed by atoms with Crippen LogP contribution in [-0.4, -0.2) is 15.8 Å². The van der Waals surface area contributed by atoms with E-state index >= 15 is 0 Å². The number of rotatable bonds is 4. The van der Waals surface area contributed by atoms with Crippen molar-refractivity contribution in [2.75, 3.05) is 0 Å². The zero-order valence-electron chi connectivity index (χ0n) is 9.20. The lowest BCUT2D eigenvalue weighted by atomic mass is 10.1. The van der Waals surface area contributed by atoms with Gasteiger partial charge in [0.15, 0.2) is 0 Å². The quantitative estimate of drug-likeness (QED) is 0.675. The number of hydrogen-bond acceptors (Lipinski definition) is 5. The van der Waals surface area contributed by atoms with Crippen molar-refractivity contribution in [3.05, 3.63) is 56.5 Å². The fraction of sp³-hybridized carbons (Fsp3) is 0.0909. The summed E-state index contributed by atoms with van der Waals surface area (Å²) in [5.41, 5.74) is -0.145. The number of amides is 1. The molecule has 0 bridgehead atoms. The first-order valence-corrected chi connectivity index (χ1v) is 5.96. The molecule has 0 aliphatic rings. The Balaban J connectivity index is 2.11. The second-order valence-corrected chi connectivity index (χ2v) is 4.36. The fourth-order valence-electron chi connectivity index (χ4n) is 1.42. The topological polar surface area (TPSA) is 85.1 Å². The number of carbonyl (C=O) groups excluding carboxylic acids is 1. The summed E-state index contributed by atoms with van der Waals surface area (Å²) in [6.07, 6.45) is 1.64. The number of nitro benzene ring substituents is 1. The number of nitrogens with zero attached hydrogens (tertiary/aromatic N) is 2. The van der Waals surface area contributed by atoms with Crippen LogP contribution in [0.15, 0.2) is 35.8 Å². The second kappa shape index (κ2) is 5.37. The highest BCUT2D eigenvalue weighted by Crippen LogP contribution is 2.17. The summed E-state index contributed by atoms with van der Waals surface area (Å²) >= 11 is 1.41. The summed E-state index contributed by atoms with van der Waals surface area (Å²) < 4.78 is 0. The third-order valence-corrected chi connectivity index (χ3v) is 3.01. The minimum atomic E-state index is -0.571. The molecule has 0 spiro atoms. The molecule has 2 aromatic rings. The summed E-state index contributed by atoms with van der Waals surface area (Å²) in [5, 5.41) is 15.9. The molecule has 0 saturated heterocycles. The van der Waals surface area contributed by atoms with E-state index < -0.39 is 10.8 Å². The molecule has 0 aliphatic heterocycles. The van der Waals surface area contributed by atoms with Crippen molar-refractivity contribution in [2.45, 2.75) is 6.54 Å². The first-order chi connectivity index (χ1) is 8.68. The van der Waals surface area contributed by atoms with Crippen molar-refractivity contribution in [3.8, 4) is 0 Å². The van der Waals surface area contributed by atoms with Crippen LogP contribution in [0.2, 0.25) is 0 Å². The highest BCUT2D eigenvalue weighted by Gasteiger charge is 2.18. The van der Waals surface area contributed by atoms with Crippen LogP contribution >= 0.6 is 11.3 Å². The minimum Gasteiger partial charge on any atom is -0.345 e. The van der Waals surface area contributed by atoms with Gasteiger partial charge in [0, 0.05) is 17.6 Å². The molecule has 6 nitrogen and oxygen atoms in total. The SMILES string of the molecule is O=C(NCc1nccs1)c1ccccc1[N+](=O)[O-]. The molecule has 0 radical (unpaired) electrons.